The molecule has 0 spiro atoms. The minimum Gasteiger partial charge on any atom is -0.497 e. The molecule has 0 radical (unpaired) electrons. The van der Waals surface area contributed by atoms with Crippen LogP contribution in [-0.4, -0.2) is 37.4 Å². The summed E-state index contributed by atoms with van der Waals surface area (Å²) in [5, 5.41) is 7.18. The number of ether oxygens (including phenoxy) is 2. The van der Waals surface area contributed by atoms with Crippen LogP contribution in [0.3, 0.4) is 0 Å². The Bertz CT molecular complexity index is 965. The van der Waals surface area contributed by atoms with E-state index in [-0.39, 0.29) is 17.0 Å². The Labute approximate surface area is 192 Å². The maximum Gasteiger partial charge on any atom is 0.341 e. The van der Waals surface area contributed by atoms with Gasteiger partial charge >= 0.3 is 5.97 Å². The molecule has 168 valence electrons. The molecular formula is C23H30N2O4S2. The molecule has 0 unspecified atom stereocenters. The Morgan fingerprint density at radius 2 is 1.84 bits per heavy atom. The average Bonchev–Trinajstić information content (AvgIpc) is 3.04. The van der Waals surface area contributed by atoms with E-state index in [9.17, 15) is 9.59 Å². The molecule has 0 aliphatic carbocycles. The predicted octanol–water partition coefficient (Wildman–Crippen LogP) is 4.82. The lowest BCUT2D eigenvalue weighted by Crippen LogP contribution is -2.55. The molecule has 1 aromatic carbocycles. The van der Waals surface area contributed by atoms with Crippen LogP contribution < -0.4 is 15.4 Å². The summed E-state index contributed by atoms with van der Waals surface area (Å²) in [6, 6.07) is 7.75. The van der Waals surface area contributed by atoms with Gasteiger partial charge in [-0.2, -0.15) is 0 Å². The second kappa shape index (κ2) is 9.22. The summed E-state index contributed by atoms with van der Waals surface area (Å²) in [5.41, 5.74) is 0.976. The van der Waals surface area contributed by atoms with Crippen molar-refractivity contribution in [3.63, 3.8) is 0 Å². The number of esters is 1. The lowest BCUT2D eigenvalue weighted by molar-refractivity contribution is -0.115. The van der Waals surface area contributed by atoms with Gasteiger partial charge < -0.3 is 20.1 Å². The number of thiophene rings is 1. The van der Waals surface area contributed by atoms with Crippen LogP contribution in [0.2, 0.25) is 0 Å². The van der Waals surface area contributed by atoms with Crippen LogP contribution in [0.1, 0.15) is 54.9 Å². The molecule has 3 rings (SSSR count). The number of hydrogen-bond donors (Lipinski definition) is 2. The molecular weight excluding hydrogens is 432 g/mol. The molecule has 8 heteroatoms. The Morgan fingerprint density at radius 1 is 1.16 bits per heavy atom. The van der Waals surface area contributed by atoms with E-state index < -0.39 is 5.97 Å². The summed E-state index contributed by atoms with van der Waals surface area (Å²) >= 11 is 3.07. The number of anilines is 1. The number of carbonyl (C=O) groups is 2. The van der Waals surface area contributed by atoms with Crippen molar-refractivity contribution in [2.24, 2.45) is 0 Å². The molecule has 0 atom stereocenters. The maximum atomic E-state index is 12.7. The fraction of sp³-hybridized carbons (Fsp3) is 0.478. The van der Waals surface area contributed by atoms with Crippen molar-refractivity contribution in [2.75, 3.05) is 25.3 Å². The molecule has 1 aliphatic heterocycles. The molecule has 0 saturated carbocycles. The highest BCUT2D eigenvalue weighted by atomic mass is 32.2. The van der Waals surface area contributed by atoms with E-state index in [1.807, 2.05) is 24.3 Å². The van der Waals surface area contributed by atoms with E-state index in [1.54, 1.807) is 18.9 Å². The summed E-state index contributed by atoms with van der Waals surface area (Å²) in [6.07, 6.45) is 1.03. The first kappa shape index (κ1) is 23.6. The first-order chi connectivity index (χ1) is 14.6. The molecule has 1 aromatic heterocycles. The van der Waals surface area contributed by atoms with Gasteiger partial charge in [-0.05, 0) is 63.9 Å². The van der Waals surface area contributed by atoms with E-state index in [2.05, 4.69) is 38.3 Å². The molecule has 6 nitrogen and oxygen atoms in total. The van der Waals surface area contributed by atoms with Gasteiger partial charge in [0, 0.05) is 33.0 Å². The van der Waals surface area contributed by atoms with Crippen molar-refractivity contribution < 1.29 is 19.1 Å². The standard InChI is InChI=1S/C23H30N2O4S2/c1-22(2)13-16-18(21(27)29-6)20(31-19(16)23(3,4)25-22)24-17(26)11-12-30-15-9-7-14(28-5)8-10-15/h7-10,25H,11-13H2,1-6H3,(H,24,26). The van der Waals surface area contributed by atoms with Crippen LogP contribution in [0.5, 0.6) is 5.75 Å². The lowest BCUT2D eigenvalue weighted by Gasteiger charge is -2.42. The van der Waals surface area contributed by atoms with Crippen molar-refractivity contribution in [2.45, 2.75) is 56.5 Å². The molecule has 1 aliphatic rings. The Hall–Kier alpha value is -2.03. The number of thioether (sulfide) groups is 1. The Balaban J connectivity index is 1.74. The average molecular weight is 463 g/mol. The van der Waals surface area contributed by atoms with Crippen molar-refractivity contribution in [3.05, 3.63) is 40.3 Å². The minimum absolute atomic E-state index is 0.116. The van der Waals surface area contributed by atoms with Crippen molar-refractivity contribution in [1.29, 1.82) is 0 Å². The summed E-state index contributed by atoms with van der Waals surface area (Å²) in [4.78, 5) is 27.4. The van der Waals surface area contributed by atoms with Crippen molar-refractivity contribution >= 4 is 40.0 Å². The van der Waals surface area contributed by atoms with E-state index in [4.69, 9.17) is 9.47 Å². The molecule has 0 fully saturated rings. The largest absolute Gasteiger partial charge is 0.497 e. The number of methoxy groups -OCH3 is 2. The number of fused-ring (bicyclic) bond motifs is 1. The van der Waals surface area contributed by atoms with Crippen LogP contribution in [-0.2, 0) is 21.5 Å². The van der Waals surface area contributed by atoms with Crippen molar-refractivity contribution in [1.82, 2.24) is 5.32 Å². The SMILES string of the molecule is COC(=O)c1c(NC(=O)CCSc2ccc(OC)cc2)sc2c1CC(C)(C)NC2(C)C. The summed E-state index contributed by atoms with van der Waals surface area (Å²) in [6.45, 7) is 8.43. The fourth-order valence-electron chi connectivity index (χ4n) is 4.06. The zero-order chi connectivity index (χ0) is 22.8. The lowest BCUT2D eigenvalue weighted by atomic mass is 9.81. The fourth-order valence-corrected chi connectivity index (χ4v) is 6.19. The number of rotatable bonds is 7. The molecule has 2 aromatic rings. The monoisotopic (exact) mass is 462 g/mol. The van der Waals surface area contributed by atoms with Gasteiger partial charge in [-0.15, -0.1) is 23.1 Å². The second-order valence-electron chi connectivity index (χ2n) is 8.74. The summed E-state index contributed by atoms with van der Waals surface area (Å²) in [5.74, 6) is 0.917. The first-order valence-electron chi connectivity index (χ1n) is 10.2. The van der Waals surface area contributed by atoms with Gasteiger partial charge in [0.05, 0.1) is 19.8 Å². The van der Waals surface area contributed by atoms with Crippen LogP contribution >= 0.6 is 23.1 Å². The van der Waals surface area contributed by atoms with Crippen LogP contribution in [0, 0.1) is 0 Å². The van der Waals surface area contributed by atoms with Crippen LogP contribution in [0.4, 0.5) is 5.00 Å². The number of carbonyl (C=O) groups excluding carboxylic acids is 2. The zero-order valence-electron chi connectivity index (χ0n) is 18.9. The van der Waals surface area contributed by atoms with Gasteiger partial charge in [0.1, 0.15) is 10.8 Å². The zero-order valence-corrected chi connectivity index (χ0v) is 20.5. The molecule has 0 bridgehead atoms. The van der Waals surface area contributed by atoms with Gasteiger partial charge in [0.15, 0.2) is 0 Å². The third-order valence-electron chi connectivity index (χ3n) is 5.14. The van der Waals surface area contributed by atoms with Gasteiger partial charge in [-0.1, -0.05) is 0 Å². The summed E-state index contributed by atoms with van der Waals surface area (Å²) in [7, 11) is 3.01. The van der Waals surface area contributed by atoms with Gasteiger partial charge in [-0.3, -0.25) is 4.79 Å². The van der Waals surface area contributed by atoms with E-state index in [0.29, 0.717) is 29.2 Å². The molecule has 2 heterocycles. The van der Waals surface area contributed by atoms with Gasteiger partial charge in [0.25, 0.3) is 0 Å². The smallest absolute Gasteiger partial charge is 0.341 e. The second-order valence-corrected chi connectivity index (χ2v) is 10.9. The summed E-state index contributed by atoms with van der Waals surface area (Å²) < 4.78 is 10.2. The predicted molar refractivity (Wildman–Crippen MR) is 127 cm³/mol. The molecule has 0 saturated heterocycles. The third kappa shape index (κ3) is 5.42. The minimum atomic E-state index is -0.408. The third-order valence-corrected chi connectivity index (χ3v) is 7.63. The normalized spacial score (nSPS) is 16.3. The van der Waals surface area contributed by atoms with E-state index in [0.717, 1.165) is 21.1 Å². The Kier molecular flexibility index (Phi) is 7.03. The van der Waals surface area contributed by atoms with E-state index >= 15 is 0 Å². The number of amides is 1. The van der Waals surface area contributed by atoms with Gasteiger partial charge in [0.2, 0.25) is 5.91 Å². The number of hydrogen-bond acceptors (Lipinski definition) is 7. The topological polar surface area (TPSA) is 76.7 Å². The van der Waals surface area contributed by atoms with Crippen LogP contribution in [0.25, 0.3) is 0 Å². The highest BCUT2D eigenvalue weighted by Crippen LogP contribution is 2.45. The van der Waals surface area contributed by atoms with E-state index in [1.165, 1.54) is 18.4 Å². The number of benzene rings is 1. The molecule has 2 N–H and O–H groups in total. The highest BCUT2D eigenvalue weighted by molar-refractivity contribution is 7.99. The van der Waals surface area contributed by atoms with Crippen LogP contribution in [0.15, 0.2) is 29.2 Å². The highest BCUT2D eigenvalue weighted by Gasteiger charge is 2.42. The van der Waals surface area contributed by atoms with Gasteiger partial charge in [-0.25, -0.2) is 4.79 Å². The molecule has 1 amide bonds. The quantitative estimate of drug-likeness (QED) is 0.454. The van der Waals surface area contributed by atoms with Crippen molar-refractivity contribution in [3.8, 4) is 5.75 Å². The Morgan fingerprint density at radius 3 is 2.45 bits per heavy atom. The maximum absolute atomic E-state index is 12.7. The molecule has 31 heavy (non-hydrogen) atoms. The first-order valence-corrected chi connectivity index (χ1v) is 12.0. The number of nitrogens with one attached hydrogen (secondary N) is 2.